The number of carbonyl (C=O) groups is 1. The van der Waals surface area contributed by atoms with Gasteiger partial charge in [-0.3, -0.25) is 10.2 Å². The molecule has 1 amide bonds. The fourth-order valence-corrected chi connectivity index (χ4v) is 4.26. The Hall–Kier alpha value is -3.46. The summed E-state index contributed by atoms with van der Waals surface area (Å²) in [6.45, 7) is 3.56. The molecule has 2 aromatic carbocycles. The Balaban J connectivity index is 1.41. The lowest BCUT2D eigenvalue weighted by molar-refractivity contribution is 0.102. The number of hydrogen-bond donors (Lipinski definition) is 2. The fourth-order valence-electron chi connectivity index (χ4n) is 4.07. The second kappa shape index (κ2) is 9.19. The number of benzene rings is 2. The van der Waals surface area contributed by atoms with Gasteiger partial charge in [0.05, 0.1) is 17.6 Å². The molecule has 5 rings (SSSR count). The van der Waals surface area contributed by atoms with Crippen LogP contribution in [0.3, 0.4) is 0 Å². The molecule has 8 nitrogen and oxygen atoms in total. The van der Waals surface area contributed by atoms with E-state index in [1.807, 2.05) is 55.6 Å². The third-order valence-corrected chi connectivity index (χ3v) is 6.06. The zero-order chi connectivity index (χ0) is 22.8. The highest BCUT2D eigenvalue weighted by Gasteiger charge is 2.20. The minimum absolute atomic E-state index is 0.267. The van der Waals surface area contributed by atoms with Gasteiger partial charge in [-0.15, -0.1) is 0 Å². The van der Waals surface area contributed by atoms with Crippen LogP contribution in [0.2, 0.25) is 5.02 Å². The van der Waals surface area contributed by atoms with Crippen molar-refractivity contribution in [2.75, 3.05) is 43.4 Å². The number of aromatic nitrogens is 3. The highest BCUT2D eigenvalue weighted by molar-refractivity contribution is 6.30. The number of hydrazine groups is 1. The normalized spacial score (nSPS) is 14.5. The topological polar surface area (TPSA) is 77.8 Å². The molecular formula is C24H24ClN7O. The van der Waals surface area contributed by atoms with Crippen LogP contribution in [0.1, 0.15) is 10.5 Å². The lowest BCUT2D eigenvalue weighted by Crippen LogP contribution is -2.51. The number of carbonyl (C=O) groups excluding carboxylic acids is 1. The van der Waals surface area contributed by atoms with E-state index in [4.69, 9.17) is 11.6 Å². The third kappa shape index (κ3) is 4.41. The summed E-state index contributed by atoms with van der Waals surface area (Å²) in [4.78, 5) is 20.1. The SMILES string of the molecule is CNN1CCN(c2ccccc2NC(=O)c2ccn3ncc(-c4cccc(Cl)c4)c3n2)CC1. The molecule has 0 aliphatic carbocycles. The molecular weight excluding hydrogens is 438 g/mol. The van der Waals surface area contributed by atoms with Crippen LogP contribution in [0, 0.1) is 0 Å². The van der Waals surface area contributed by atoms with E-state index in [0.29, 0.717) is 16.4 Å². The third-order valence-electron chi connectivity index (χ3n) is 5.83. The van der Waals surface area contributed by atoms with Gasteiger partial charge in [-0.2, -0.15) is 5.10 Å². The highest BCUT2D eigenvalue weighted by Crippen LogP contribution is 2.28. The van der Waals surface area contributed by atoms with Crippen LogP contribution in [0.25, 0.3) is 16.8 Å². The van der Waals surface area contributed by atoms with Crippen LogP contribution < -0.4 is 15.6 Å². The summed E-state index contributed by atoms with van der Waals surface area (Å²) in [6, 6.07) is 17.0. The molecule has 2 N–H and O–H groups in total. The molecule has 1 saturated heterocycles. The molecule has 1 aliphatic rings. The van der Waals surface area contributed by atoms with E-state index in [-0.39, 0.29) is 5.91 Å². The molecule has 0 atom stereocenters. The summed E-state index contributed by atoms with van der Waals surface area (Å²) in [6.07, 6.45) is 3.48. The summed E-state index contributed by atoms with van der Waals surface area (Å²) >= 11 is 6.16. The quantitative estimate of drug-likeness (QED) is 0.473. The second-order valence-electron chi connectivity index (χ2n) is 7.82. The van der Waals surface area contributed by atoms with Crippen molar-refractivity contribution >= 4 is 34.5 Å². The monoisotopic (exact) mass is 461 g/mol. The Morgan fingerprint density at radius 3 is 2.64 bits per heavy atom. The summed E-state index contributed by atoms with van der Waals surface area (Å²) in [5.74, 6) is -0.267. The average Bonchev–Trinajstić information content (AvgIpc) is 3.28. The molecule has 0 radical (unpaired) electrons. The van der Waals surface area contributed by atoms with Gasteiger partial charge in [-0.25, -0.2) is 14.5 Å². The van der Waals surface area contributed by atoms with Crippen LogP contribution in [0.4, 0.5) is 11.4 Å². The lowest BCUT2D eigenvalue weighted by atomic mass is 10.1. The van der Waals surface area contributed by atoms with E-state index >= 15 is 0 Å². The predicted octanol–water partition coefficient (Wildman–Crippen LogP) is 3.56. The smallest absolute Gasteiger partial charge is 0.274 e. The standard InChI is InChI=1S/C24H24ClN7O/c1-26-31-13-11-30(12-14-31)22-8-3-2-7-20(22)29-24(33)21-9-10-32-23(28-21)19(16-27-32)17-5-4-6-18(25)15-17/h2-10,15-16,26H,11-14H2,1H3,(H,29,33). The second-order valence-corrected chi connectivity index (χ2v) is 8.25. The van der Waals surface area contributed by atoms with E-state index in [2.05, 4.69) is 30.7 Å². The number of hydrogen-bond acceptors (Lipinski definition) is 6. The Labute approximate surface area is 196 Å². The van der Waals surface area contributed by atoms with Gasteiger partial charge in [0.15, 0.2) is 5.65 Å². The van der Waals surface area contributed by atoms with E-state index in [1.54, 1.807) is 23.0 Å². The molecule has 0 unspecified atom stereocenters. The number of piperazine rings is 1. The molecule has 1 aliphatic heterocycles. The van der Waals surface area contributed by atoms with Crippen molar-refractivity contribution in [2.24, 2.45) is 0 Å². The van der Waals surface area contributed by atoms with Gasteiger partial charge in [0.2, 0.25) is 0 Å². The highest BCUT2D eigenvalue weighted by atomic mass is 35.5. The summed E-state index contributed by atoms with van der Waals surface area (Å²) in [7, 11) is 1.94. The molecule has 0 bridgehead atoms. The van der Waals surface area contributed by atoms with Gasteiger partial charge >= 0.3 is 0 Å². The van der Waals surface area contributed by atoms with Crippen molar-refractivity contribution in [3.63, 3.8) is 0 Å². The Morgan fingerprint density at radius 2 is 1.85 bits per heavy atom. The molecule has 33 heavy (non-hydrogen) atoms. The van der Waals surface area contributed by atoms with Crippen molar-refractivity contribution in [1.82, 2.24) is 25.0 Å². The number of nitrogens with one attached hydrogen (secondary N) is 2. The molecule has 9 heteroatoms. The van der Waals surface area contributed by atoms with E-state index < -0.39 is 0 Å². The Kier molecular flexibility index (Phi) is 5.95. The molecule has 1 fully saturated rings. The first-order valence-electron chi connectivity index (χ1n) is 10.8. The first-order valence-corrected chi connectivity index (χ1v) is 11.2. The number of nitrogens with zero attached hydrogens (tertiary/aromatic N) is 5. The lowest BCUT2D eigenvalue weighted by Gasteiger charge is -2.36. The molecule has 0 spiro atoms. The van der Waals surface area contributed by atoms with Crippen molar-refractivity contribution in [3.8, 4) is 11.1 Å². The van der Waals surface area contributed by atoms with Crippen molar-refractivity contribution in [3.05, 3.63) is 77.7 Å². The van der Waals surface area contributed by atoms with E-state index in [1.165, 1.54) is 0 Å². The summed E-state index contributed by atoms with van der Waals surface area (Å²) < 4.78 is 1.65. The maximum absolute atomic E-state index is 13.2. The number of rotatable bonds is 5. The van der Waals surface area contributed by atoms with E-state index in [0.717, 1.165) is 48.7 Å². The van der Waals surface area contributed by atoms with Crippen LogP contribution in [-0.4, -0.2) is 58.7 Å². The molecule has 2 aromatic heterocycles. The minimum atomic E-state index is -0.267. The van der Waals surface area contributed by atoms with Gasteiger partial charge in [0.1, 0.15) is 5.69 Å². The largest absolute Gasteiger partial charge is 0.367 e. The van der Waals surface area contributed by atoms with Crippen LogP contribution in [0.5, 0.6) is 0 Å². The molecule has 168 valence electrons. The minimum Gasteiger partial charge on any atom is -0.367 e. The summed E-state index contributed by atoms with van der Waals surface area (Å²) in [5.41, 5.74) is 7.60. The molecule has 0 saturated carbocycles. The maximum atomic E-state index is 13.2. The van der Waals surface area contributed by atoms with Crippen molar-refractivity contribution in [1.29, 1.82) is 0 Å². The van der Waals surface area contributed by atoms with Crippen molar-refractivity contribution < 1.29 is 4.79 Å². The molecule has 4 aromatic rings. The average molecular weight is 462 g/mol. The number of fused-ring (bicyclic) bond motifs is 1. The van der Waals surface area contributed by atoms with Gasteiger partial charge < -0.3 is 10.2 Å². The zero-order valence-corrected chi connectivity index (χ0v) is 19.0. The number of amides is 1. The number of para-hydroxylation sites is 2. The first kappa shape index (κ1) is 21.4. The number of anilines is 2. The van der Waals surface area contributed by atoms with Gasteiger partial charge in [0.25, 0.3) is 5.91 Å². The zero-order valence-electron chi connectivity index (χ0n) is 18.2. The Morgan fingerprint density at radius 1 is 1.03 bits per heavy atom. The maximum Gasteiger partial charge on any atom is 0.274 e. The van der Waals surface area contributed by atoms with E-state index in [9.17, 15) is 4.79 Å². The van der Waals surface area contributed by atoms with Crippen LogP contribution in [0.15, 0.2) is 67.0 Å². The first-order chi connectivity index (χ1) is 16.1. The van der Waals surface area contributed by atoms with Gasteiger partial charge in [-0.1, -0.05) is 35.9 Å². The fraction of sp³-hybridized carbons (Fsp3) is 0.208. The predicted molar refractivity (Wildman–Crippen MR) is 131 cm³/mol. The summed E-state index contributed by atoms with van der Waals surface area (Å²) in [5, 5.41) is 10.2. The van der Waals surface area contributed by atoms with Crippen LogP contribution >= 0.6 is 11.6 Å². The van der Waals surface area contributed by atoms with Gasteiger partial charge in [0, 0.05) is 43.0 Å². The molecule has 3 heterocycles. The van der Waals surface area contributed by atoms with Gasteiger partial charge in [-0.05, 0) is 42.9 Å². The Bertz CT molecular complexity index is 1300. The number of halogens is 1. The van der Waals surface area contributed by atoms with Crippen LogP contribution in [-0.2, 0) is 0 Å². The van der Waals surface area contributed by atoms with Crippen molar-refractivity contribution in [2.45, 2.75) is 0 Å².